The van der Waals surface area contributed by atoms with Crippen LogP contribution in [0.3, 0.4) is 0 Å². The molecule has 0 unspecified atom stereocenters. The number of amides is 1. The fourth-order valence-electron chi connectivity index (χ4n) is 4.43. The van der Waals surface area contributed by atoms with Gasteiger partial charge in [0.05, 0.1) is 18.1 Å². The minimum Gasteiger partial charge on any atom is -0.361 e. The van der Waals surface area contributed by atoms with Gasteiger partial charge in [0.1, 0.15) is 5.82 Å². The molecular formula is C29H31N7O. The lowest BCUT2D eigenvalue weighted by Crippen LogP contribution is -2.50. The number of nitrogens with two attached hydrogens (primary N) is 1. The lowest BCUT2D eigenvalue weighted by atomic mass is 10.0. The molecule has 0 saturated carbocycles. The quantitative estimate of drug-likeness (QED) is 0.288. The summed E-state index contributed by atoms with van der Waals surface area (Å²) in [5.41, 5.74) is 9.41. The van der Waals surface area contributed by atoms with Crippen LogP contribution in [-0.4, -0.2) is 36.2 Å². The number of nitrogens with zero attached hydrogens (tertiary/aromatic N) is 4. The Labute approximate surface area is 216 Å². The molecule has 188 valence electrons. The van der Waals surface area contributed by atoms with Crippen LogP contribution in [0, 0.1) is 0 Å². The summed E-state index contributed by atoms with van der Waals surface area (Å²) in [4.78, 5) is 20.7. The number of rotatable bonds is 9. The monoisotopic (exact) mass is 493 g/mol. The lowest BCUT2D eigenvalue weighted by molar-refractivity contribution is -0.126. The van der Waals surface area contributed by atoms with E-state index in [-0.39, 0.29) is 5.91 Å². The number of para-hydroxylation sites is 1. The summed E-state index contributed by atoms with van der Waals surface area (Å²) in [6.07, 6.45) is 6.73. The average molecular weight is 494 g/mol. The molecule has 0 radical (unpaired) electrons. The van der Waals surface area contributed by atoms with Crippen molar-refractivity contribution < 1.29 is 4.79 Å². The highest BCUT2D eigenvalue weighted by Crippen LogP contribution is 2.26. The van der Waals surface area contributed by atoms with Crippen LogP contribution in [0.5, 0.6) is 0 Å². The number of carbonyl (C=O) groups is 1. The van der Waals surface area contributed by atoms with Crippen molar-refractivity contribution in [3.8, 4) is 0 Å². The van der Waals surface area contributed by atoms with Crippen molar-refractivity contribution in [3.63, 3.8) is 0 Å². The number of benzene rings is 2. The van der Waals surface area contributed by atoms with Gasteiger partial charge in [0.25, 0.3) is 0 Å². The van der Waals surface area contributed by atoms with Gasteiger partial charge in [-0.25, -0.2) is 0 Å². The Hall–Kier alpha value is -4.30. The number of H-pyrrole nitrogens is 1. The van der Waals surface area contributed by atoms with Gasteiger partial charge in [0, 0.05) is 42.3 Å². The second-order valence-corrected chi connectivity index (χ2v) is 9.90. The number of hydrogen-bond acceptors (Lipinski definition) is 5. The van der Waals surface area contributed by atoms with E-state index in [4.69, 9.17) is 5.73 Å². The largest absolute Gasteiger partial charge is 0.361 e. The van der Waals surface area contributed by atoms with Crippen molar-refractivity contribution in [1.82, 2.24) is 30.0 Å². The molecule has 8 heteroatoms. The van der Waals surface area contributed by atoms with Crippen LogP contribution in [0.2, 0.25) is 0 Å². The maximum Gasteiger partial charge on any atom is 0.240 e. The van der Waals surface area contributed by atoms with Crippen LogP contribution in [-0.2, 0) is 24.2 Å². The van der Waals surface area contributed by atoms with Gasteiger partial charge in [-0.1, -0.05) is 54.6 Å². The maximum absolute atomic E-state index is 13.1. The first-order chi connectivity index (χ1) is 17.9. The standard InChI is InChI=1S/C29H31N7O/c1-29(2,30)28(37)33-25(16-22-18-32-24-13-7-6-12-23(22)24)27-35-34-26(15-20-9-4-3-5-10-20)36(27)19-21-11-8-14-31-17-21/h3-14,17-18,25,32H,15-16,19,30H2,1-2H3,(H,33,37)/t25-/m1/s1. The highest BCUT2D eigenvalue weighted by molar-refractivity contribution is 5.86. The predicted molar refractivity (Wildman–Crippen MR) is 144 cm³/mol. The van der Waals surface area contributed by atoms with Gasteiger partial charge in [-0.2, -0.15) is 0 Å². The molecule has 37 heavy (non-hydrogen) atoms. The van der Waals surface area contributed by atoms with Gasteiger partial charge in [-0.3, -0.25) is 9.78 Å². The number of aromatic nitrogens is 5. The SMILES string of the molecule is CC(C)(N)C(=O)N[C@H](Cc1c[nH]c2ccccc12)c1nnc(Cc2ccccc2)n1Cc1cccnc1. The first-order valence-corrected chi connectivity index (χ1v) is 12.4. The summed E-state index contributed by atoms with van der Waals surface area (Å²) in [6.45, 7) is 3.93. The fourth-order valence-corrected chi connectivity index (χ4v) is 4.43. The molecule has 0 aliphatic heterocycles. The molecule has 0 bridgehead atoms. The summed E-state index contributed by atoms with van der Waals surface area (Å²) in [6, 6.07) is 21.8. The molecule has 0 saturated heterocycles. The molecule has 5 aromatic rings. The number of hydrogen-bond donors (Lipinski definition) is 3. The third-order valence-electron chi connectivity index (χ3n) is 6.43. The van der Waals surface area contributed by atoms with E-state index >= 15 is 0 Å². The molecule has 5 rings (SSSR count). The van der Waals surface area contributed by atoms with Gasteiger partial charge in [-0.15, -0.1) is 10.2 Å². The Morgan fingerprint density at radius 1 is 1.03 bits per heavy atom. The van der Waals surface area contributed by atoms with Crippen LogP contribution < -0.4 is 11.1 Å². The number of carbonyl (C=O) groups excluding carboxylic acids is 1. The summed E-state index contributed by atoms with van der Waals surface area (Å²) in [5.74, 6) is 1.24. The number of pyridine rings is 1. The van der Waals surface area contributed by atoms with Gasteiger partial charge < -0.3 is 20.6 Å². The molecule has 0 fully saturated rings. The van der Waals surface area contributed by atoms with E-state index in [1.54, 1.807) is 20.0 Å². The highest BCUT2D eigenvalue weighted by Gasteiger charge is 2.29. The molecule has 0 spiro atoms. The molecule has 2 aromatic carbocycles. The molecule has 3 aromatic heterocycles. The van der Waals surface area contributed by atoms with Gasteiger partial charge in [0.2, 0.25) is 5.91 Å². The van der Waals surface area contributed by atoms with E-state index in [9.17, 15) is 4.79 Å². The minimum absolute atomic E-state index is 0.252. The third kappa shape index (κ3) is 5.59. The lowest BCUT2D eigenvalue weighted by Gasteiger charge is -2.24. The number of nitrogens with one attached hydrogen (secondary N) is 2. The van der Waals surface area contributed by atoms with Crippen LogP contribution in [0.1, 0.15) is 48.2 Å². The number of fused-ring (bicyclic) bond motifs is 1. The maximum atomic E-state index is 13.1. The van der Waals surface area contributed by atoms with Gasteiger partial charge in [0.15, 0.2) is 5.82 Å². The zero-order valence-electron chi connectivity index (χ0n) is 21.1. The Balaban J connectivity index is 1.57. The molecule has 1 amide bonds. The van der Waals surface area contributed by atoms with Crippen molar-refractivity contribution in [2.24, 2.45) is 5.73 Å². The smallest absolute Gasteiger partial charge is 0.240 e. The third-order valence-corrected chi connectivity index (χ3v) is 6.43. The molecule has 4 N–H and O–H groups in total. The molecular weight excluding hydrogens is 462 g/mol. The van der Waals surface area contributed by atoms with Crippen LogP contribution in [0.15, 0.2) is 85.3 Å². The predicted octanol–water partition coefficient (Wildman–Crippen LogP) is 3.93. The normalized spacial score (nSPS) is 12.5. The van der Waals surface area contributed by atoms with Crippen molar-refractivity contribution in [2.75, 3.05) is 0 Å². The summed E-state index contributed by atoms with van der Waals surface area (Å²) in [5, 5.41) is 13.5. The minimum atomic E-state index is -1.04. The molecule has 1 atom stereocenters. The van der Waals surface area contributed by atoms with Gasteiger partial charge in [-0.05, 0) is 42.7 Å². The molecule has 0 aliphatic rings. The molecule has 0 aliphatic carbocycles. The van der Waals surface area contributed by atoms with E-state index in [1.807, 2.05) is 60.9 Å². The molecule has 3 heterocycles. The number of aromatic amines is 1. The van der Waals surface area contributed by atoms with Crippen molar-refractivity contribution in [2.45, 2.75) is 44.8 Å². The van der Waals surface area contributed by atoms with Crippen molar-refractivity contribution >= 4 is 16.8 Å². The van der Waals surface area contributed by atoms with Crippen molar-refractivity contribution in [3.05, 3.63) is 114 Å². The van der Waals surface area contributed by atoms with E-state index < -0.39 is 11.6 Å². The van der Waals surface area contributed by atoms with Gasteiger partial charge >= 0.3 is 0 Å². The average Bonchev–Trinajstić information content (AvgIpc) is 3.48. The zero-order valence-corrected chi connectivity index (χ0v) is 21.1. The van der Waals surface area contributed by atoms with E-state index in [0.29, 0.717) is 25.2 Å². The van der Waals surface area contributed by atoms with Crippen LogP contribution >= 0.6 is 0 Å². The topological polar surface area (TPSA) is 115 Å². The Bertz CT molecular complexity index is 1480. The summed E-state index contributed by atoms with van der Waals surface area (Å²) < 4.78 is 2.09. The molecule has 8 nitrogen and oxygen atoms in total. The van der Waals surface area contributed by atoms with Crippen molar-refractivity contribution in [1.29, 1.82) is 0 Å². The summed E-state index contributed by atoms with van der Waals surface area (Å²) >= 11 is 0. The van der Waals surface area contributed by atoms with Crippen LogP contribution in [0.4, 0.5) is 0 Å². The van der Waals surface area contributed by atoms with Crippen LogP contribution in [0.25, 0.3) is 10.9 Å². The van der Waals surface area contributed by atoms with E-state index in [2.05, 4.69) is 48.2 Å². The summed E-state index contributed by atoms with van der Waals surface area (Å²) in [7, 11) is 0. The first-order valence-electron chi connectivity index (χ1n) is 12.4. The Morgan fingerprint density at radius 2 is 1.78 bits per heavy atom. The second-order valence-electron chi connectivity index (χ2n) is 9.90. The zero-order chi connectivity index (χ0) is 25.8. The highest BCUT2D eigenvalue weighted by atomic mass is 16.2. The fraction of sp³-hybridized carbons (Fsp3) is 0.241. The van der Waals surface area contributed by atoms with E-state index in [0.717, 1.165) is 33.4 Å². The Kier molecular flexibility index (Phi) is 6.83. The van der Waals surface area contributed by atoms with E-state index in [1.165, 1.54) is 0 Å². The first kappa shape index (κ1) is 24.4. The second kappa shape index (κ2) is 10.4. The Morgan fingerprint density at radius 3 is 2.54 bits per heavy atom.